The Hall–Kier alpha value is -1.10. The molecule has 4 heteroatoms. The van der Waals surface area contributed by atoms with Crippen LogP contribution in [0.2, 0.25) is 0 Å². The lowest BCUT2D eigenvalue weighted by Gasteiger charge is -2.14. The molecule has 0 saturated heterocycles. The van der Waals surface area contributed by atoms with E-state index >= 15 is 0 Å². The molecule has 0 bridgehead atoms. The molecule has 1 aromatic heterocycles. The van der Waals surface area contributed by atoms with Crippen molar-refractivity contribution in [2.75, 3.05) is 0 Å². The lowest BCUT2D eigenvalue weighted by atomic mass is 10.0. The Morgan fingerprint density at radius 3 is 2.69 bits per heavy atom. The number of nitrogens with two attached hydrogens (primary N) is 1. The molecule has 3 N–H and O–H groups in total. The molecule has 0 amide bonds. The number of halogens is 1. The van der Waals surface area contributed by atoms with E-state index in [4.69, 9.17) is 10.3 Å². The average molecular weight is 281 g/mol. The van der Waals surface area contributed by atoms with Gasteiger partial charge in [-0.25, -0.2) is 5.43 Å². The van der Waals surface area contributed by atoms with Gasteiger partial charge in [0.1, 0.15) is 5.76 Å². The van der Waals surface area contributed by atoms with Crippen molar-refractivity contribution in [2.45, 2.75) is 12.5 Å². The largest absolute Gasteiger partial charge is 0.468 e. The van der Waals surface area contributed by atoms with Crippen LogP contribution in [0.5, 0.6) is 0 Å². The van der Waals surface area contributed by atoms with Crippen molar-refractivity contribution in [3.05, 3.63) is 58.5 Å². The van der Waals surface area contributed by atoms with Crippen LogP contribution < -0.4 is 11.3 Å². The maximum atomic E-state index is 5.54. The van der Waals surface area contributed by atoms with Crippen LogP contribution in [0.25, 0.3) is 0 Å². The van der Waals surface area contributed by atoms with Gasteiger partial charge in [0.05, 0.1) is 12.3 Å². The monoisotopic (exact) mass is 280 g/mol. The molecule has 1 heterocycles. The third kappa shape index (κ3) is 2.52. The quantitative estimate of drug-likeness (QED) is 0.669. The van der Waals surface area contributed by atoms with E-state index in [-0.39, 0.29) is 6.04 Å². The van der Waals surface area contributed by atoms with E-state index in [9.17, 15) is 0 Å². The Morgan fingerprint density at radius 1 is 1.25 bits per heavy atom. The minimum Gasteiger partial charge on any atom is -0.468 e. The zero-order chi connectivity index (χ0) is 11.4. The third-order valence-electron chi connectivity index (χ3n) is 2.47. The summed E-state index contributed by atoms with van der Waals surface area (Å²) in [4.78, 5) is 0. The van der Waals surface area contributed by atoms with Crippen LogP contribution >= 0.6 is 15.9 Å². The molecule has 1 atom stereocenters. The molecule has 84 valence electrons. The fourth-order valence-corrected chi connectivity index (χ4v) is 2.06. The van der Waals surface area contributed by atoms with Gasteiger partial charge in [-0.1, -0.05) is 34.1 Å². The SMILES string of the molecule is NNC(Cc1ccccc1Br)c1ccco1. The van der Waals surface area contributed by atoms with Gasteiger partial charge < -0.3 is 4.42 Å². The Balaban J connectivity index is 2.17. The number of hydrazine groups is 1. The minimum absolute atomic E-state index is 0.00583. The summed E-state index contributed by atoms with van der Waals surface area (Å²) in [5.74, 6) is 6.38. The second kappa shape index (κ2) is 5.30. The van der Waals surface area contributed by atoms with E-state index in [1.165, 1.54) is 5.56 Å². The first-order valence-electron chi connectivity index (χ1n) is 5.04. The lowest BCUT2D eigenvalue weighted by Crippen LogP contribution is -2.29. The number of hydrogen-bond acceptors (Lipinski definition) is 3. The van der Waals surface area contributed by atoms with E-state index in [1.807, 2.05) is 30.3 Å². The molecular weight excluding hydrogens is 268 g/mol. The van der Waals surface area contributed by atoms with Gasteiger partial charge in [-0.3, -0.25) is 5.84 Å². The van der Waals surface area contributed by atoms with E-state index < -0.39 is 0 Å². The second-order valence-electron chi connectivity index (χ2n) is 3.53. The highest BCUT2D eigenvalue weighted by atomic mass is 79.9. The van der Waals surface area contributed by atoms with Crippen LogP contribution in [0.3, 0.4) is 0 Å². The standard InChI is InChI=1S/C12H13BrN2O/c13-10-5-2-1-4-9(10)8-11(15-14)12-6-3-7-16-12/h1-7,11,15H,8,14H2. The first kappa shape index (κ1) is 11.4. The van der Waals surface area contributed by atoms with E-state index in [1.54, 1.807) is 6.26 Å². The average Bonchev–Trinajstić information content (AvgIpc) is 2.81. The van der Waals surface area contributed by atoms with Crippen LogP contribution in [0.4, 0.5) is 0 Å². The molecule has 0 aliphatic rings. The van der Waals surface area contributed by atoms with Crippen LogP contribution in [0.15, 0.2) is 51.6 Å². The fraction of sp³-hybridized carbons (Fsp3) is 0.167. The number of nitrogens with one attached hydrogen (secondary N) is 1. The lowest BCUT2D eigenvalue weighted by molar-refractivity contribution is 0.415. The summed E-state index contributed by atoms with van der Waals surface area (Å²) in [6, 6.07) is 11.9. The zero-order valence-electron chi connectivity index (χ0n) is 8.69. The van der Waals surface area contributed by atoms with Crippen LogP contribution in [0, 0.1) is 0 Å². The topological polar surface area (TPSA) is 51.2 Å². The smallest absolute Gasteiger partial charge is 0.122 e. The van der Waals surface area contributed by atoms with Gasteiger partial charge in [-0.15, -0.1) is 0 Å². The van der Waals surface area contributed by atoms with Crippen molar-refractivity contribution in [1.29, 1.82) is 0 Å². The normalized spacial score (nSPS) is 12.6. The molecule has 0 radical (unpaired) electrons. The molecule has 0 aliphatic heterocycles. The molecule has 0 spiro atoms. The summed E-state index contributed by atoms with van der Waals surface area (Å²) in [6.07, 6.45) is 2.44. The van der Waals surface area contributed by atoms with Crippen molar-refractivity contribution in [3.8, 4) is 0 Å². The van der Waals surface area contributed by atoms with Gasteiger partial charge in [-0.05, 0) is 30.2 Å². The van der Waals surface area contributed by atoms with Gasteiger partial charge in [0.2, 0.25) is 0 Å². The first-order chi connectivity index (χ1) is 7.81. The highest BCUT2D eigenvalue weighted by Crippen LogP contribution is 2.23. The Bertz CT molecular complexity index is 442. The minimum atomic E-state index is -0.00583. The summed E-state index contributed by atoms with van der Waals surface area (Å²) in [5.41, 5.74) is 3.96. The van der Waals surface area contributed by atoms with Crippen LogP contribution in [0.1, 0.15) is 17.4 Å². The zero-order valence-corrected chi connectivity index (χ0v) is 10.3. The van der Waals surface area contributed by atoms with Gasteiger partial charge >= 0.3 is 0 Å². The summed E-state index contributed by atoms with van der Waals surface area (Å²) in [7, 11) is 0. The van der Waals surface area contributed by atoms with Crippen molar-refractivity contribution in [2.24, 2.45) is 5.84 Å². The summed E-state index contributed by atoms with van der Waals surface area (Å²) >= 11 is 3.52. The maximum absolute atomic E-state index is 5.54. The summed E-state index contributed by atoms with van der Waals surface area (Å²) in [5, 5.41) is 0. The van der Waals surface area contributed by atoms with E-state index in [2.05, 4.69) is 27.4 Å². The van der Waals surface area contributed by atoms with Crippen LogP contribution in [-0.2, 0) is 6.42 Å². The molecule has 1 unspecified atom stereocenters. The van der Waals surface area contributed by atoms with Crippen LogP contribution in [-0.4, -0.2) is 0 Å². The highest BCUT2D eigenvalue weighted by Gasteiger charge is 2.14. The summed E-state index contributed by atoms with van der Waals surface area (Å²) in [6.45, 7) is 0. The van der Waals surface area contributed by atoms with Gasteiger partial charge in [0.15, 0.2) is 0 Å². The Morgan fingerprint density at radius 2 is 2.06 bits per heavy atom. The molecule has 0 aliphatic carbocycles. The van der Waals surface area contributed by atoms with Crippen molar-refractivity contribution < 1.29 is 4.42 Å². The van der Waals surface area contributed by atoms with Crippen molar-refractivity contribution in [1.82, 2.24) is 5.43 Å². The second-order valence-corrected chi connectivity index (χ2v) is 4.38. The fourth-order valence-electron chi connectivity index (χ4n) is 1.62. The molecule has 16 heavy (non-hydrogen) atoms. The predicted octanol–water partition coefficient (Wildman–Crippen LogP) is 2.79. The van der Waals surface area contributed by atoms with E-state index in [0.29, 0.717) is 0 Å². The number of hydrogen-bond donors (Lipinski definition) is 2. The molecular formula is C12H13BrN2O. The number of furan rings is 1. The molecule has 2 aromatic rings. The summed E-state index contributed by atoms with van der Waals surface area (Å²) < 4.78 is 6.43. The van der Waals surface area contributed by atoms with Crippen molar-refractivity contribution in [3.63, 3.8) is 0 Å². The van der Waals surface area contributed by atoms with Gasteiger partial charge in [0.25, 0.3) is 0 Å². The van der Waals surface area contributed by atoms with Gasteiger partial charge in [0, 0.05) is 4.47 Å². The molecule has 2 rings (SSSR count). The Labute approximate surface area is 103 Å². The molecule has 1 aromatic carbocycles. The highest BCUT2D eigenvalue weighted by molar-refractivity contribution is 9.10. The maximum Gasteiger partial charge on any atom is 0.122 e. The third-order valence-corrected chi connectivity index (χ3v) is 3.24. The number of benzene rings is 1. The molecule has 0 fully saturated rings. The van der Waals surface area contributed by atoms with Gasteiger partial charge in [-0.2, -0.15) is 0 Å². The van der Waals surface area contributed by atoms with E-state index in [0.717, 1.165) is 16.7 Å². The predicted molar refractivity (Wildman–Crippen MR) is 66.6 cm³/mol. The first-order valence-corrected chi connectivity index (χ1v) is 5.83. The molecule has 0 saturated carbocycles. The van der Waals surface area contributed by atoms with Crippen molar-refractivity contribution >= 4 is 15.9 Å². The molecule has 3 nitrogen and oxygen atoms in total. The number of rotatable bonds is 4. The Kier molecular flexibility index (Phi) is 3.77.